The number of alkyl halides is 2. The highest BCUT2D eigenvalue weighted by Gasteiger charge is 2.67. The Bertz CT molecular complexity index is 5110. The fourth-order valence-corrected chi connectivity index (χ4v) is 26.4. The molecule has 10 aliphatic rings. The SMILES string of the molecule is C=C1/C(=C\COC(=O)c2ccccc2)CC(O[Si](C)(C)C(C)(C)C)C[C@@H]1F.C=C1C(O)CC(O[Si](C)(C)C(C)(C)C)CC12OC2COC(=O)c1ccccc1.C=C1CCC(O[Si](C)(C)C(C)(C)C)C/C1=C/CO.C=C1CCC(O[Si](C)(C)C(C)(C)C)CC12OC2CO.C=C1CCC(O[Si](C)(C)C(C)(C)C)CC12OC2COC(=O)c1ccccc1.C=C1[C@@H](F)CC(O[Si](C)(C)C(C)(C)C)CC12OC2COC(=O)c1ccccc1. The molecule has 4 heterocycles. The van der Waals surface area contributed by atoms with Crippen LogP contribution in [0.4, 0.5) is 8.78 Å². The number of aliphatic hydroxyl groups excluding tert-OH is 3. The molecule has 15 unspecified atom stereocenters. The van der Waals surface area contributed by atoms with Crippen LogP contribution >= 0.6 is 0 Å². The Balaban J connectivity index is 0.000000198. The molecule has 29 heteroatoms. The topological polar surface area (TPSA) is 271 Å². The largest absolute Gasteiger partial charge is 0.459 e. The zero-order valence-electron chi connectivity index (χ0n) is 94.7. The van der Waals surface area contributed by atoms with E-state index in [-0.39, 0.29) is 154 Å². The van der Waals surface area contributed by atoms with E-state index in [0.29, 0.717) is 83.6 Å². The molecule has 6 saturated carbocycles. The molecule has 0 bridgehead atoms. The van der Waals surface area contributed by atoms with Crippen molar-refractivity contribution in [2.75, 3.05) is 39.6 Å². The molecule has 3 N–H and O–H groups in total. The molecule has 147 heavy (non-hydrogen) atoms. The van der Waals surface area contributed by atoms with Crippen LogP contribution in [-0.2, 0) is 64.5 Å². The van der Waals surface area contributed by atoms with E-state index in [1.807, 2.05) is 42.5 Å². The number of ether oxygens (including phenoxy) is 8. The fourth-order valence-electron chi connectivity index (χ4n) is 18.2. The Morgan fingerprint density at radius 3 is 1.00 bits per heavy atom. The summed E-state index contributed by atoms with van der Waals surface area (Å²) in [5.74, 6) is -1.47. The van der Waals surface area contributed by atoms with Crippen LogP contribution in [0.3, 0.4) is 0 Å². The van der Waals surface area contributed by atoms with Gasteiger partial charge in [0.15, 0.2) is 49.9 Å². The van der Waals surface area contributed by atoms with E-state index in [1.165, 1.54) is 11.1 Å². The van der Waals surface area contributed by atoms with Crippen LogP contribution in [0.25, 0.3) is 0 Å². The van der Waals surface area contributed by atoms with Gasteiger partial charge in [0, 0.05) is 63.3 Å². The van der Waals surface area contributed by atoms with Crippen LogP contribution in [0.2, 0.25) is 109 Å². The monoisotopic (exact) mass is 2140 g/mol. The number of hydrogen-bond acceptors (Lipinski definition) is 21. The van der Waals surface area contributed by atoms with Crippen molar-refractivity contribution in [1.29, 1.82) is 0 Å². The van der Waals surface area contributed by atoms with Crippen molar-refractivity contribution < 1.29 is 108 Å². The van der Waals surface area contributed by atoms with Gasteiger partial charge in [0.2, 0.25) is 0 Å². The van der Waals surface area contributed by atoms with Crippen LogP contribution in [0, 0.1) is 0 Å². The molecule has 0 amide bonds. The van der Waals surface area contributed by atoms with Crippen molar-refractivity contribution in [2.24, 2.45) is 0 Å². The number of aliphatic hydroxyl groups is 3. The van der Waals surface area contributed by atoms with E-state index < -0.39 is 85.5 Å². The third-order valence-electron chi connectivity index (χ3n) is 34.1. The predicted molar refractivity (Wildman–Crippen MR) is 600 cm³/mol. The molecule has 17 atom stereocenters. The summed E-state index contributed by atoms with van der Waals surface area (Å²) >= 11 is 0. The lowest BCUT2D eigenvalue weighted by Gasteiger charge is -2.42. The van der Waals surface area contributed by atoms with Crippen molar-refractivity contribution in [3.05, 3.63) is 240 Å². The summed E-state index contributed by atoms with van der Waals surface area (Å²) in [5, 5.41) is 29.8. The summed E-state index contributed by atoms with van der Waals surface area (Å²) in [6.45, 7) is 92.0. The van der Waals surface area contributed by atoms with Crippen LogP contribution < -0.4 is 0 Å². The van der Waals surface area contributed by atoms with E-state index in [1.54, 1.807) is 91.0 Å². The van der Waals surface area contributed by atoms with Gasteiger partial charge in [-0.05, 0) is 254 Å². The van der Waals surface area contributed by atoms with Gasteiger partial charge < -0.3 is 79.8 Å². The second-order valence-electron chi connectivity index (χ2n) is 51.1. The minimum absolute atomic E-state index is 0.0502. The molecule has 4 aliphatic heterocycles. The molecule has 4 saturated heterocycles. The normalized spacial score (nSPS) is 28.6. The third kappa shape index (κ3) is 32.0. The number of rotatable bonds is 26. The smallest absolute Gasteiger partial charge is 0.338 e. The summed E-state index contributed by atoms with van der Waals surface area (Å²) in [6.07, 6.45) is 11.7. The highest BCUT2D eigenvalue weighted by molar-refractivity contribution is 6.76. The van der Waals surface area contributed by atoms with E-state index >= 15 is 0 Å². The Hall–Kier alpha value is -6.68. The summed E-state index contributed by atoms with van der Waals surface area (Å²) in [6, 6.07) is 35.6. The zero-order valence-corrected chi connectivity index (χ0v) is 101. The molecule has 10 fully saturated rings. The highest BCUT2D eigenvalue weighted by atomic mass is 28.4. The number of benzene rings is 4. The average Bonchev–Trinajstić information content (AvgIpc) is 1.76. The summed E-state index contributed by atoms with van der Waals surface area (Å²) in [5.41, 5.74) is 6.97. The van der Waals surface area contributed by atoms with Gasteiger partial charge >= 0.3 is 23.9 Å². The number of epoxide rings is 4. The molecular formula is C118H182F2O21Si6. The third-order valence-corrected chi connectivity index (χ3v) is 61.3. The minimum atomic E-state index is -2.02. The Morgan fingerprint density at radius 2 is 0.646 bits per heavy atom. The van der Waals surface area contributed by atoms with E-state index in [4.69, 9.17) is 69.6 Å². The summed E-state index contributed by atoms with van der Waals surface area (Å²) in [4.78, 5) is 48.6. The maximum absolute atomic E-state index is 14.7. The van der Waals surface area contributed by atoms with Gasteiger partial charge in [-0.3, -0.25) is 0 Å². The number of esters is 4. The first-order valence-corrected chi connectivity index (χ1v) is 70.6. The first-order chi connectivity index (χ1) is 67.8. The molecular weight excluding hydrogens is 1960 g/mol. The van der Waals surface area contributed by atoms with Crippen LogP contribution in [-0.4, -0.2) is 231 Å². The Morgan fingerprint density at radius 1 is 0.361 bits per heavy atom. The van der Waals surface area contributed by atoms with Gasteiger partial charge in [0.25, 0.3) is 0 Å². The van der Waals surface area contributed by atoms with Crippen molar-refractivity contribution in [3.8, 4) is 0 Å². The predicted octanol–water partition coefficient (Wildman–Crippen LogP) is 27.4. The molecule has 21 nitrogen and oxygen atoms in total. The van der Waals surface area contributed by atoms with Crippen molar-refractivity contribution in [2.45, 2.75) is 432 Å². The summed E-state index contributed by atoms with van der Waals surface area (Å²) < 4.78 is 113. The van der Waals surface area contributed by atoms with Gasteiger partial charge in [-0.25, -0.2) is 28.0 Å². The van der Waals surface area contributed by atoms with Gasteiger partial charge in [-0.15, -0.1) is 0 Å². The quantitative estimate of drug-likeness (QED) is 0.0173. The first-order valence-electron chi connectivity index (χ1n) is 53.1. The molecule has 0 aromatic heterocycles. The van der Waals surface area contributed by atoms with Crippen LogP contribution in [0.15, 0.2) is 218 Å². The van der Waals surface area contributed by atoms with Gasteiger partial charge in [0.1, 0.15) is 85.6 Å². The number of carbonyl (C=O) groups excluding carboxylic acids is 4. The molecule has 6 aliphatic carbocycles. The van der Waals surface area contributed by atoms with Crippen LogP contribution in [0.1, 0.15) is 262 Å². The highest BCUT2D eigenvalue weighted by Crippen LogP contribution is 2.58. The lowest BCUT2D eigenvalue weighted by atomic mass is 9.79. The fraction of sp³-hybridized carbons (Fsp3) is 0.627. The molecule has 14 rings (SSSR count). The van der Waals surface area contributed by atoms with E-state index in [9.17, 15) is 38.2 Å². The zero-order chi connectivity index (χ0) is 110. The summed E-state index contributed by atoms with van der Waals surface area (Å²) in [7, 11) is -11.2. The lowest BCUT2D eigenvalue weighted by molar-refractivity contribution is 0.0463. The number of halogens is 2. The van der Waals surface area contributed by atoms with Gasteiger partial charge in [-0.1, -0.05) is 249 Å². The van der Waals surface area contributed by atoms with E-state index in [0.717, 1.165) is 74.5 Å². The Labute approximate surface area is 886 Å². The minimum Gasteiger partial charge on any atom is -0.459 e. The second-order valence-corrected chi connectivity index (χ2v) is 79.6. The molecule has 4 spiro atoms. The van der Waals surface area contributed by atoms with E-state index in [2.05, 4.69) is 243 Å². The standard InChI is InChI=1S/C22H31FO4Si.C22H31FO3Si.C22H32O5Si.C22H32O4Si.C15H28O3Si.C15H28O2Si/c1-15-18(23)12-17(27-28(5,6)21(2,3)4)13-22(15)19(26-22)14-25-20(24)16-10-8-7-9-11-16;1-16-18(12-13-25-21(24)17-10-8-7-9-11-17)14-19(15-20(16)23)26-27(5,6)22(2,3)4;1-15-18(23)12-17(27-28(5,6)21(2,3)4)13-22(15)19(26-22)14-25-20(24)16-10-8-7-9-11-16;1-16-12-13-18(26-27(5,6)21(2,3)4)14-22(16)19(25-22)15-24-20(23)17-10-8-7-9-11-17;1-11-7-8-12(9-15(11)13(10-16)17-15)18-19(5,6)14(2,3)4;1-12-7-8-14(11-13(12)9-10-16)17-18(5,6)15(2,3)4/h7-11,17-19H,1,12-14H2,2-6H3;7-12,19-20H,1,13-15H2,2-6H3;7-11,17-19,23H,1,12-14H2,2-6H3;7-11,18-19H,1,12-15H2,2-6H3;12-13,16H,1,7-10H2,2-6H3;9,14,16H,1,7-8,10-11H2,2-6H3/b;18-12-;;;;13-9-/t17?,18-,19?,22?;19?,20-;;;;/m00..../s1. The molecule has 4 aromatic rings. The molecule has 0 radical (unpaired) electrons. The number of hydrogen-bond donors (Lipinski definition) is 3. The molecule has 818 valence electrons. The maximum Gasteiger partial charge on any atom is 0.338 e. The number of carbonyl (C=O) groups is 4. The van der Waals surface area contributed by atoms with Crippen molar-refractivity contribution in [3.63, 3.8) is 0 Å². The van der Waals surface area contributed by atoms with Gasteiger partial charge in [0.05, 0.1) is 59.9 Å². The van der Waals surface area contributed by atoms with Gasteiger partial charge in [-0.2, -0.15) is 0 Å². The lowest BCUT2D eigenvalue weighted by Crippen LogP contribution is -2.49. The number of allylic oxidation sites excluding steroid dienone is 2. The van der Waals surface area contributed by atoms with Crippen molar-refractivity contribution >= 4 is 73.8 Å². The second kappa shape index (κ2) is 49.0. The average molecular weight is 2140 g/mol. The van der Waals surface area contributed by atoms with Crippen LogP contribution in [0.5, 0.6) is 0 Å². The molecule has 4 aromatic carbocycles. The van der Waals surface area contributed by atoms with Crippen molar-refractivity contribution in [1.82, 2.24) is 0 Å². The Kier molecular flexibility index (Phi) is 41.2. The maximum atomic E-state index is 14.7. The first kappa shape index (κ1) is 124.